The van der Waals surface area contributed by atoms with Crippen LogP contribution < -0.4 is 9.64 Å². The van der Waals surface area contributed by atoms with Gasteiger partial charge in [0.1, 0.15) is 0 Å². The van der Waals surface area contributed by atoms with Gasteiger partial charge in [-0.25, -0.2) is 4.98 Å². The molecule has 3 nitrogen and oxygen atoms in total. The number of pyridine rings is 1. The van der Waals surface area contributed by atoms with Gasteiger partial charge >= 0.3 is 0 Å². The first kappa shape index (κ1) is 12.5. The van der Waals surface area contributed by atoms with Crippen molar-refractivity contribution in [3.8, 4) is 5.75 Å². The predicted octanol–water partition coefficient (Wildman–Crippen LogP) is 3.08. The van der Waals surface area contributed by atoms with Crippen LogP contribution in [0.1, 0.15) is 26.2 Å². The molecule has 94 valence electrons. The lowest BCUT2D eigenvalue weighted by molar-refractivity contribution is 0.316. The Kier molecular flexibility index (Phi) is 4.49. The van der Waals surface area contributed by atoms with Gasteiger partial charge in [-0.1, -0.05) is 6.92 Å². The zero-order chi connectivity index (χ0) is 12.1. The Bertz CT molecular complexity index is 355. The molecule has 0 spiro atoms. The molecule has 1 aliphatic carbocycles. The Labute approximate surface area is 108 Å². The van der Waals surface area contributed by atoms with Crippen LogP contribution in [-0.4, -0.2) is 30.1 Å². The first-order valence-corrected chi connectivity index (χ1v) is 6.80. The van der Waals surface area contributed by atoms with Crippen LogP contribution in [0.4, 0.5) is 5.82 Å². The molecule has 1 aromatic heterocycles. The molecule has 0 saturated heterocycles. The summed E-state index contributed by atoms with van der Waals surface area (Å²) in [6.45, 7) is 3.68. The van der Waals surface area contributed by atoms with E-state index in [1.54, 1.807) is 0 Å². The molecular weight excluding hydrogens is 236 g/mol. The lowest BCUT2D eigenvalue weighted by Crippen LogP contribution is -2.29. The van der Waals surface area contributed by atoms with Crippen molar-refractivity contribution in [2.75, 3.05) is 23.9 Å². The second-order valence-corrected chi connectivity index (χ2v) is 4.67. The number of ether oxygens (including phenoxy) is 1. The van der Waals surface area contributed by atoms with Gasteiger partial charge in [-0.15, -0.1) is 11.6 Å². The Morgan fingerprint density at radius 2 is 2.35 bits per heavy atom. The van der Waals surface area contributed by atoms with Crippen LogP contribution in [0.3, 0.4) is 0 Å². The highest BCUT2D eigenvalue weighted by Crippen LogP contribution is 2.35. The van der Waals surface area contributed by atoms with Crippen molar-refractivity contribution in [1.29, 1.82) is 0 Å². The van der Waals surface area contributed by atoms with E-state index in [2.05, 4.69) is 16.8 Å². The summed E-state index contributed by atoms with van der Waals surface area (Å²) in [5.41, 5.74) is 0. The van der Waals surface area contributed by atoms with Gasteiger partial charge < -0.3 is 9.64 Å². The minimum atomic E-state index is 0.604. The van der Waals surface area contributed by atoms with E-state index < -0.39 is 0 Å². The van der Waals surface area contributed by atoms with Crippen LogP contribution in [0.5, 0.6) is 5.75 Å². The molecule has 0 radical (unpaired) electrons. The quantitative estimate of drug-likeness (QED) is 0.700. The normalized spacial score (nSPS) is 14.7. The van der Waals surface area contributed by atoms with Crippen LogP contribution >= 0.6 is 11.6 Å². The summed E-state index contributed by atoms with van der Waals surface area (Å²) < 4.78 is 5.74. The highest BCUT2D eigenvalue weighted by atomic mass is 35.5. The van der Waals surface area contributed by atoms with E-state index in [1.165, 1.54) is 12.8 Å². The smallest absolute Gasteiger partial charge is 0.171 e. The zero-order valence-corrected chi connectivity index (χ0v) is 11.0. The summed E-state index contributed by atoms with van der Waals surface area (Å²) in [5, 5.41) is 0. The Hall–Kier alpha value is -0.960. The van der Waals surface area contributed by atoms with Crippen LogP contribution in [0, 0.1) is 0 Å². The second kappa shape index (κ2) is 6.10. The van der Waals surface area contributed by atoms with E-state index in [1.807, 2.05) is 18.3 Å². The molecule has 2 rings (SSSR count). The van der Waals surface area contributed by atoms with Crippen LogP contribution in [0.15, 0.2) is 18.3 Å². The van der Waals surface area contributed by atoms with Crippen molar-refractivity contribution in [3.63, 3.8) is 0 Å². The van der Waals surface area contributed by atoms with Gasteiger partial charge in [0, 0.05) is 24.7 Å². The van der Waals surface area contributed by atoms with Gasteiger partial charge in [-0.05, 0) is 31.4 Å². The van der Waals surface area contributed by atoms with Crippen LogP contribution in [-0.2, 0) is 0 Å². The molecule has 0 atom stereocenters. The Balaban J connectivity index is 2.15. The van der Waals surface area contributed by atoms with Gasteiger partial charge in [0.2, 0.25) is 0 Å². The molecule has 1 heterocycles. The molecule has 4 heteroatoms. The first-order valence-electron chi connectivity index (χ1n) is 6.27. The van der Waals surface area contributed by atoms with Crippen molar-refractivity contribution in [2.24, 2.45) is 0 Å². The fourth-order valence-electron chi connectivity index (χ4n) is 1.86. The molecule has 1 fully saturated rings. The van der Waals surface area contributed by atoms with Gasteiger partial charge in [0.05, 0.1) is 6.61 Å². The van der Waals surface area contributed by atoms with Gasteiger partial charge in [0.25, 0.3) is 0 Å². The van der Waals surface area contributed by atoms with E-state index in [9.17, 15) is 0 Å². The number of alkyl halides is 1. The van der Waals surface area contributed by atoms with E-state index in [-0.39, 0.29) is 0 Å². The molecule has 0 unspecified atom stereocenters. The third kappa shape index (κ3) is 3.25. The summed E-state index contributed by atoms with van der Waals surface area (Å²) in [7, 11) is 0. The Morgan fingerprint density at radius 3 is 3.00 bits per heavy atom. The molecule has 17 heavy (non-hydrogen) atoms. The molecule has 1 aromatic rings. The van der Waals surface area contributed by atoms with Crippen LogP contribution in [0.2, 0.25) is 0 Å². The minimum absolute atomic E-state index is 0.604. The van der Waals surface area contributed by atoms with Crippen molar-refractivity contribution in [3.05, 3.63) is 18.3 Å². The third-order valence-electron chi connectivity index (χ3n) is 2.80. The highest BCUT2D eigenvalue weighted by Gasteiger charge is 2.31. The van der Waals surface area contributed by atoms with Crippen molar-refractivity contribution >= 4 is 17.4 Å². The third-order valence-corrected chi connectivity index (χ3v) is 2.97. The summed E-state index contributed by atoms with van der Waals surface area (Å²) in [6.07, 6.45) is 5.30. The van der Waals surface area contributed by atoms with Crippen LogP contribution in [0.25, 0.3) is 0 Å². The van der Waals surface area contributed by atoms with Gasteiger partial charge in [0.15, 0.2) is 11.6 Å². The molecule has 1 aliphatic rings. The zero-order valence-electron chi connectivity index (χ0n) is 10.2. The van der Waals surface area contributed by atoms with Gasteiger partial charge in [-0.2, -0.15) is 0 Å². The lowest BCUT2D eigenvalue weighted by atomic mass is 10.3. The highest BCUT2D eigenvalue weighted by molar-refractivity contribution is 6.18. The minimum Gasteiger partial charge on any atom is -0.490 e. The fraction of sp³-hybridized carbons (Fsp3) is 0.615. The maximum Gasteiger partial charge on any atom is 0.171 e. The number of halogens is 1. The largest absolute Gasteiger partial charge is 0.490 e. The predicted molar refractivity (Wildman–Crippen MR) is 71.1 cm³/mol. The monoisotopic (exact) mass is 254 g/mol. The second-order valence-electron chi connectivity index (χ2n) is 4.29. The molecule has 1 saturated carbocycles. The summed E-state index contributed by atoms with van der Waals surface area (Å²) in [4.78, 5) is 6.73. The summed E-state index contributed by atoms with van der Waals surface area (Å²) >= 11 is 5.86. The molecule has 0 amide bonds. The number of hydrogen-bond acceptors (Lipinski definition) is 3. The topological polar surface area (TPSA) is 25.4 Å². The number of aromatic nitrogens is 1. The Morgan fingerprint density at radius 1 is 1.53 bits per heavy atom. The fourth-order valence-corrected chi connectivity index (χ4v) is 2.04. The molecule has 0 N–H and O–H groups in total. The van der Waals surface area contributed by atoms with E-state index in [0.717, 1.165) is 31.1 Å². The molecule has 0 bridgehead atoms. The van der Waals surface area contributed by atoms with Crippen molar-refractivity contribution < 1.29 is 4.74 Å². The first-order chi connectivity index (χ1) is 8.36. The number of hydrogen-bond donors (Lipinski definition) is 0. The molecule has 0 aliphatic heterocycles. The van der Waals surface area contributed by atoms with Gasteiger partial charge in [-0.3, -0.25) is 0 Å². The lowest BCUT2D eigenvalue weighted by Gasteiger charge is -2.24. The van der Waals surface area contributed by atoms with E-state index in [4.69, 9.17) is 16.3 Å². The summed E-state index contributed by atoms with van der Waals surface area (Å²) in [5.74, 6) is 2.45. The molecular formula is C13H19ClN2O. The maximum absolute atomic E-state index is 5.86. The average Bonchev–Trinajstić information content (AvgIpc) is 3.18. The number of nitrogens with zero attached hydrogens (tertiary/aromatic N) is 2. The number of anilines is 1. The maximum atomic E-state index is 5.86. The average molecular weight is 255 g/mol. The molecule has 0 aromatic carbocycles. The summed E-state index contributed by atoms with van der Waals surface area (Å²) in [6, 6.07) is 4.51. The van der Waals surface area contributed by atoms with Crippen molar-refractivity contribution in [1.82, 2.24) is 4.98 Å². The number of rotatable bonds is 7. The van der Waals surface area contributed by atoms with E-state index in [0.29, 0.717) is 11.9 Å². The SMILES string of the molecule is CCCOc1cccnc1N(CCCl)C1CC1. The standard InChI is InChI=1S/C13H19ClN2O/c1-2-10-17-12-4-3-8-15-13(12)16(9-7-14)11-5-6-11/h3-4,8,11H,2,5-7,9-10H2,1H3. The van der Waals surface area contributed by atoms with E-state index >= 15 is 0 Å². The van der Waals surface area contributed by atoms with Crippen molar-refractivity contribution in [2.45, 2.75) is 32.2 Å².